The number of hydrogen-bond donors (Lipinski definition) is 1. The lowest BCUT2D eigenvalue weighted by molar-refractivity contribution is -0.141. The van der Waals surface area contributed by atoms with Gasteiger partial charge in [0, 0.05) is 44.8 Å². The van der Waals surface area contributed by atoms with Crippen LogP contribution in [0.1, 0.15) is 38.8 Å². The summed E-state index contributed by atoms with van der Waals surface area (Å²) in [5.41, 5.74) is 0.560. The molecule has 1 aliphatic carbocycles. The van der Waals surface area contributed by atoms with Crippen molar-refractivity contribution in [3.8, 4) is 0 Å². The number of allylic oxidation sites excluding steroid dienone is 2. The molecule has 1 aromatic rings. The largest absolute Gasteiger partial charge is 0.433 e. The van der Waals surface area contributed by atoms with Crippen molar-refractivity contribution in [3.63, 3.8) is 0 Å². The summed E-state index contributed by atoms with van der Waals surface area (Å²) in [7, 11) is 0. The van der Waals surface area contributed by atoms with Gasteiger partial charge in [0.05, 0.1) is 0 Å². The maximum absolute atomic E-state index is 12.9. The number of piperazine rings is 1. The molecule has 0 bridgehead atoms. The average Bonchev–Trinajstić information content (AvgIpc) is 3.51. The molecular formula is C22H31F3N4. The predicted molar refractivity (Wildman–Crippen MR) is 111 cm³/mol. The van der Waals surface area contributed by atoms with E-state index in [1.54, 1.807) is 6.07 Å². The van der Waals surface area contributed by atoms with Gasteiger partial charge in [-0.25, -0.2) is 4.98 Å². The molecule has 1 aromatic heterocycles. The van der Waals surface area contributed by atoms with Crippen LogP contribution in [0.4, 0.5) is 19.0 Å². The summed E-state index contributed by atoms with van der Waals surface area (Å²) in [4.78, 5) is 8.70. The van der Waals surface area contributed by atoms with Crippen molar-refractivity contribution >= 4 is 5.82 Å². The highest BCUT2D eigenvalue weighted by Gasteiger charge is 2.48. The second kappa shape index (κ2) is 9.30. The van der Waals surface area contributed by atoms with Crippen LogP contribution in [0.5, 0.6) is 0 Å². The molecule has 1 saturated carbocycles. The van der Waals surface area contributed by atoms with Gasteiger partial charge in [-0.2, -0.15) is 13.2 Å². The first-order valence-electron chi connectivity index (χ1n) is 10.4. The first-order valence-corrected chi connectivity index (χ1v) is 10.4. The fourth-order valence-electron chi connectivity index (χ4n) is 3.84. The first-order chi connectivity index (χ1) is 13.9. The number of halogens is 3. The highest BCUT2D eigenvalue weighted by atomic mass is 19.4. The van der Waals surface area contributed by atoms with E-state index in [-0.39, 0.29) is 5.54 Å². The van der Waals surface area contributed by atoms with E-state index < -0.39 is 11.9 Å². The zero-order chi connectivity index (χ0) is 20.9. The highest BCUT2D eigenvalue weighted by Crippen LogP contribution is 2.42. The van der Waals surface area contributed by atoms with Gasteiger partial charge >= 0.3 is 6.18 Å². The minimum atomic E-state index is -4.41. The van der Waals surface area contributed by atoms with Crippen molar-refractivity contribution in [1.29, 1.82) is 0 Å². The molecule has 2 aliphatic rings. The quantitative estimate of drug-likeness (QED) is 0.639. The molecule has 0 amide bonds. The molecular weight excluding hydrogens is 377 g/mol. The lowest BCUT2D eigenvalue weighted by Crippen LogP contribution is -2.53. The molecule has 4 nitrogen and oxygen atoms in total. The van der Waals surface area contributed by atoms with Crippen molar-refractivity contribution in [1.82, 2.24) is 14.8 Å². The van der Waals surface area contributed by atoms with E-state index in [1.807, 2.05) is 0 Å². The molecule has 0 aromatic carbocycles. The monoisotopic (exact) mass is 408 g/mol. The summed E-state index contributed by atoms with van der Waals surface area (Å²) < 4.78 is 38.6. The van der Waals surface area contributed by atoms with E-state index in [2.05, 4.69) is 52.2 Å². The smallest absolute Gasteiger partial charge is 0.368 e. The van der Waals surface area contributed by atoms with Crippen molar-refractivity contribution in [2.75, 3.05) is 44.6 Å². The number of nitrogens with one attached hydrogen (secondary N) is 1. The third kappa shape index (κ3) is 5.82. The Balaban J connectivity index is 1.50. The second-order valence-corrected chi connectivity index (χ2v) is 7.92. The molecule has 0 radical (unpaired) electrons. The molecule has 160 valence electrons. The summed E-state index contributed by atoms with van der Waals surface area (Å²) >= 11 is 0. The van der Waals surface area contributed by atoms with E-state index in [1.165, 1.54) is 11.6 Å². The maximum Gasteiger partial charge on any atom is 0.433 e. The molecule has 7 heteroatoms. The van der Waals surface area contributed by atoms with Gasteiger partial charge < -0.3 is 5.32 Å². The van der Waals surface area contributed by atoms with Crippen LogP contribution in [0, 0.1) is 0 Å². The van der Waals surface area contributed by atoms with Crippen LogP contribution in [0.3, 0.4) is 0 Å². The number of nitrogens with zero attached hydrogens (tertiary/aromatic N) is 3. The predicted octanol–water partition coefficient (Wildman–Crippen LogP) is 4.58. The topological polar surface area (TPSA) is 31.4 Å². The summed E-state index contributed by atoms with van der Waals surface area (Å²) in [6.45, 7) is 9.85. The highest BCUT2D eigenvalue weighted by molar-refractivity contribution is 5.37. The number of anilines is 1. The molecule has 2 heterocycles. The van der Waals surface area contributed by atoms with Crippen LogP contribution < -0.4 is 5.32 Å². The minimum absolute atomic E-state index is 0.0630. The van der Waals surface area contributed by atoms with E-state index >= 15 is 0 Å². The maximum atomic E-state index is 12.9. The van der Waals surface area contributed by atoms with Crippen LogP contribution >= 0.6 is 0 Å². The van der Waals surface area contributed by atoms with Gasteiger partial charge in [0.25, 0.3) is 0 Å². The van der Waals surface area contributed by atoms with Gasteiger partial charge in [-0.1, -0.05) is 31.2 Å². The van der Waals surface area contributed by atoms with Crippen molar-refractivity contribution < 1.29 is 13.2 Å². The number of pyridine rings is 1. The number of aromatic nitrogens is 1. The van der Waals surface area contributed by atoms with Crippen molar-refractivity contribution in [2.45, 2.75) is 44.8 Å². The molecule has 0 atom stereocenters. The number of hydrogen-bond acceptors (Lipinski definition) is 4. The van der Waals surface area contributed by atoms with E-state index in [4.69, 9.17) is 0 Å². The van der Waals surface area contributed by atoms with E-state index in [9.17, 15) is 13.2 Å². The zero-order valence-corrected chi connectivity index (χ0v) is 17.3. The molecule has 0 spiro atoms. The summed E-state index contributed by atoms with van der Waals surface area (Å²) in [5, 5.41) is 3.15. The molecule has 0 unspecified atom stereocenters. The first kappa shape index (κ1) is 21.8. The third-order valence-corrected chi connectivity index (χ3v) is 5.85. The zero-order valence-electron chi connectivity index (χ0n) is 17.3. The molecule has 29 heavy (non-hydrogen) atoms. The Morgan fingerprint density at radius 2 is 1.93 bits per heavy atom. The molecule has 3 rings (SSSR count). The van der Waals surface area contributed by atoms with Gasteiger partial charge in [0.2, 0.25) is 0 Å². The molecule has 1 N–H and O–H groups in total. The second-order valence-electron chi connectivity index (χ2n) is 7.92. The number of alkyl halides is 3. The normalized spacial score (nSPS) is 20.9. The Hall–Kier alpha value is -1.86. The Morgan fingerprint density at radius 1 is 1.21 bits per heavy atom. The Morgan fingerprint density at radius 3 is 2.52 bits per heavy atom. The Labute approximate surface area is 171 Å². The number of rotatable bonds is 8. The van der Waals surface area contributed by atoms with Gasteiger partial charge in [0.1, 0.15) is 11.5 Å². The van der Waals surface area contributed by atoms with E-state index in [0.717, 1.165) is 58.1 Å². The van der Waals surface area contributed by atoms with Crippen molar-refractivity contribution in [3.05, 3.63) is 47.7 Å². The van der Waals surface area contributed by atoms with Gasteiger partial charge in [0.15, 0.2) is 0 Å². The van der Waals surface area contributed by atoms with E-state index in [0.29, 0.717) is 12.4 Å². The third-order valence-electron chi connectivity index (χ3n) is 5.85. The average molecular weight is 409 g/mol. The molecule has 2 fully saturated rings. The van der Waals surface area contributed by atoms with Gasteiger partial charge in [-0.15, -0.1) is 0 Å². The minimum Gasteiger partial charge on any atom is -0.368 e. The Bertz CT molecular complexity index is 730. The summed E-state index contributed by atoms with van der Waals surface area (Å²) in [5.74, 6) is 0.296. The lowest BCUT2D eigenvalue weighted by Gasteiger charge is -2.40. The van der Waals surface area contributed by atoms with Gasteiger partial charge in [-0.3, -0.25) is 9.80 Å². The molecule has 1 aliphatic heterocycles. The summed E-state index contributed by atoms with van der Waals surface area (Å²) in [6, 6.07) is 4.01. The summed E-state index contributed by atoms with van der Waals surface area (Å²) in [6.07, 6.45) is 5.37. The fourth-order valence-corrected chi connectivity index (χ4v) is 3.84. The molecule has 1 saturated heterocycles. The Kier molecular flexibility index (Phi) is 7.01. The lowest BCUT2D eigenvalue weighted by atomic mass is 10.1. The SMILES string of the molecule is C/C=C(\C=C/CC)CN1CCN(C2(CNc3cccc(C(F)(F)F)n3)CC2)CC1. The van der Waals surface area contributed by atoms with Gasteiger partial charge in [-0.05, 0) is 43.9 Å². The van der Waals surface area contributed by atoms with Crippen LogP contribution in [-0.2, 0) is 6.18 Å². The fraction of sp³-hybridized carbons (Fsp3) is 0.591. The van der Waals surface area contributed by atoms with Crippen LogP contribution in [0.25, 0.3) is 0 Å². The van der Waals surface area contributed by atoms with Crippen LogP contribution in [0.15, 0.2) is 42.0 Å². The van der Waals surface area contributed by atoms with Crippen LogP contribution in [-0.4, -0.2) is 59.6 Å². The standard InChI is InChI=1S/C22H31F3N4/c1-3-5-7-18(4-2)16-28-12-14-29(15-13-28)21(10-11-21)17-26-20-9-6-8-19(27-20)22(23,24)25/h4-9H,3,10-17H2,1-2H3,(H,26,27)/b7-5-,18-4+. The van der Waals surface area contributed by atoms with Crippen LogP contribution in [0.2, 0.25) is 0 Å². The van der Waals surface area contributed by atoms with Crippen molar-refractivity contribution in [2.24, 2.45) is 0 Å².